The van der Waals surface area contributed by atoms with Crippen LogP contribution in [0.4, 0.5) is 5.69 Å². The predicted octanol–water partition coefficient (Wildman–Crippen LogP) is 1.06. The van der Waals surface area contributed by atoms with E-state index in [9.17, 15) is 0 Å². The Morgan fingerprint density at radius 3 is 3.06 bits per heavy atom. The highest BCUT2D eigenvalue weighted by atomic mass is 16.5. The number of amidine groups is 1. The molecule has 1 N–H and O–H groups in total. The normalized spacial score (nSPS) is 22.1. The molecular weight excluding hydrogens is 214 g/mol. The van der Waals surface area contributed by atoms with Gasteiger partial charge in [0.15, 0.2) is 0 Å². The van der Waals surface area contributed by atoms with E-state index in [4.69, 9.17) is 4.74 Å². The Labute approximate surface area is 101 Å². The largest absolute Gasteiger partial charge is 0.496 e. The number of benzene rings is 1. The first-order chi connectivity index (χ1) is 8.31. The minimum absolute atomic E-state index is 0.337. The van der Waals surface area contributed by atoms with Gasteiger partial charge in [-0.05, 0) is 12.1 Å². The van der Waals surface area contributed by atoms with Gasteiger partial charge in [-0.1, -0.05) is 6.07 Å². The van der Waals surface area contributed by atoms with Gasteiger partial charge in [0.2, 0.25) is 0 Å². The van der Waals surface area contributed by atoms with Crippen molar-refractivity contribution in [1.29, 1.82) is 0 Å². The molecule has 1 unspecified atom stereocenters. The molecule has 1 aromatic carbocycles. The minimum Gasteiger partial charge on any atom is -0.496 e. The van der Waals surface area contributed by atoms with E-state index in [1.165, 1.54) is 11.3 Å². The number of fused-ring (bicyclic) bond motifs is 1. The number of methoxy groups -OCH3 is 1. The van der Waals surface area contributed by atoms with Gasteiger partial charge in [-0.3, -0.25) is 4.99 Å². The fourth-order valence-electron chi connectivity index (χ4n) is 2.70. The van der Waals surface area contributed by atoms with Crippen LogP contribution in [0.3, 0.4) is 0 Å². The van der Waals surface area contributed by atoms with Crippen LogP contribution in [0.15, 0.2) is 23.2 Å². The molecule has 2 aliphatic heterocycles. The molecule has 0 spiro atoms. The molecule has 0 aliphatic carbocycles. The topological polar surface area (TPSA) is 36.9 Å². The van der Waals surface area contributed by atoms with Crippen molar-refractivity contribution >= 4 is 11.5 Å². The smallest absolute Gasteiger partial charge is 0.124 e. The average Bonchev–Trinajstić information content (AvgIpc) is 2.97. The molecule has 0 radical (unpaired) electrons. The first-order valence-electron chi connectivity index (χ1n) is 5.98. The summed E-state index contributed by atoms with van der Waals surface area (Å²) in [5.41, 5.74) is 2.55. The maximum absolute atomic E-state index is 5.43. The lowest BCUT2D eigenvalue weighted by Crippen LogP contribution is -2.41. The third-order valence-electron chi connectivity index (χ3n) is 3.59. The highest BCUT2D eigenvalue weighted by Crippen LogP contribution is 2.37. The highest BCUT2D eigenvalue weighted by molar-refractivity contribution is 5.94. The fraction of sp³-hybridized carbons (Fsp3) is 0.462. The van der Waals surface area contributed by atoms with Gasteiger partial charge in [-0.2, -0.15) is 0 Å². The van der Waals surface area contributed by atoms with Crippen molar-refractivity contribution in [3.8, 4) is 5.75 Å². The summed E-state index contributed by atoms with van der Waals surface area (Å²) in [7, 11) is 3.85. The second-order valence-electron chi connectivity index (χ2n) is 4.48. The zero-order valence-electron chi connectivity index (χ0n) is 10.2. The van der Waals surface area contributed by atoms with Gasteiger partial charge in [-0.15, -0.1) is 0 Å². The Morgan fingerprint density at radius 2 is 2.35 bits per heavy atom. The Hall–Kier alpha value is -1.71. The number of hydrogen-bond donors (Lipinski definition) is 1. The second-order valence-corrected chi connectivity index (χ2v) is 4.48. The van der Waals surface area contributed by atoms with Gasteiger partial charge >= 0.3 is 0 Å². The van der Waals surface area contributed by atoms with E-state index < -0.39 is 0 Å². The fourth-order valence-corrected chi connectivity index (χ4v) is 2.70. The molecule has 2 aliphatic rings. The molecule has 1 atom stereocenters. The maximum atomic E-state index is 5.43. The number of hydrogen-bond acceptors (Lipinski definition) is 4. The second kappa shape index (κ2) is 3.95. The molecule has 4 nitrogen and oxygen atoms in total. The molecule has 2 heterocycles. The molecule has 0 amide bonds. The standard InChI is InChI=1S/C13H17N3O/c1-16-10-4-3-5-12(17-2)9(10)8-11(16)13-14-6-7-15-13/h3-5,11H,6-8H2,1-2H3,(H,14,15). The summed E-state index contributed by atoms with van der Waals surface area (Å²) in [5.74, 6) is 2.10. The number of ether oxygens (including phenoxy) is 1. The van der Waals surface area contributed by atoms with Gasteiger partial charge in [0.1, 0.15) is 11.6 Å². The van der Waals surface area contributed by atoms with Crippen LogP contribution in [0.2, 0.25) is 0 Å². The summed E-state index contributed by atoms with van der Waals surface area (Å²) < 4.78 is 5.43. The molecule has 0 fully saturated rings. The molecule has 17 heavy (non-hydrogen) atoms. The Bertz CT molecular complexity index is 470. The molecule has 3 rings (SSSR count). The van der Waals surface area contributed by atoms with Crippen molar-refractivity contribution in [2.24, 2.45) is 4.99 Å². The molecule has 90 valence electrons. The van der Waals surface area contributed by atoms with E-state index >= 15 is 0 Å². The van der Waals surface area contributed by atoms with Crippen LogP contribution >= 0.6 is 0 Å². The Balaban J connectivity index is 1.96. The van der Waals surface area contributed by atoms with Crippen molar-refractivity contribution in [2.75, 3.05) is 32.1 Å². The quantitative estimate of drug-likeness (QED) is 0.827. The van der Waals surface area contributed by atoms with Crippen molar-refractivity contribution in [3.63, 3.8) is 0 Å². The van der Waals surface area contributed by atoms with Crippen LogP contribution in [-0.4, -0.2) is 39.1 Å². The molecular formula is C13H17N3O. The summed E-state index contributed by atoms with van der Waals surface area (Å²) in [5, 5.41) is 3.37. The van der Waals surface area contributed by atoms with Crippen LogP contribution in [0.1, 0.15) is 5.56 Å². The Morgan fingerprint density at radius 1 is 1.47 bits per heavy atom. The highest BCUT2D eigenvalue weighted by Gasteiger charge is 2.33. The van der Waals surface area contributed by atoms with Crippen molar-refractivity contribution in [2.45, 2.75) is 12.5 Å². The van der Waals surface area contributed by atoms with E-state index in [0.717, 1.165) is 31.1 Å². The number of nitrogens with one attached hydrogen (secondary N) is 1. The van der Waals surface area contributed by atoms with Gasteiger partial charge in [-0.25, -0.2) is 0 Å². The van der Waals surface area contributed by atoms with Crippen LogP contribution in [0.5, 0.6) is 5.75 Å². The lowest BCUT2D eigenvalue weighted by Gasteiger charge is -2.22. The SMILES string of the molecule is COc1cccc2c1CC(C1=NCCN1)N2C. The third-order valence-corrected chi connectivity index (χ3v) is 3.59. The molecule has 4 heteroatoms. The van der Waals surface area contributed by atoms with Crippen molar-refractivity contribution in [1.82, 2.24) is 5.32 Å². The van der Waals surface area contributed by atoms with Crippen LogP contribution in [0.25, 0.3) is 0 Å². The molecule has 0 saturated heterocycles. The molecule has 1 aromatic rings. The summed E-state index contributed by atoms with van der Waals surface area (Å²) in [6.07, 6.45) is 0.974. The first-order valence-corrected chi connectivity index (χ1v) is 5.98. The number of rotatable bonds is 2. The zero-order chi connectivity index (χ0) is 11.8. The minimum atomic E-state index is 0.337. The van der Waals surface area contributed by atoms with Crippen LogP contribution < -0.4 is 15.0 Å². The first kappa shape index (κ1) is 10.4. The zero-order valence-corrected chi connectivity index (χ0v) is 10.2. The van der Waals surface area contributed by atoms with Gasteiger partial charge in [0.05, 0.1) is 19.7 Å². The van der Waals surface area contributed by atoms with Crippen molar-refractivity contribution in [3.05, 3.63) is 23.8 Å². The third kappa shape index (κ3) is 1.55. The van der Waals surface area contributed by atoms with Gasteiger partial charge in [0, 0.05) is 31.3 Å². The van der Waals surface area contributed by atoms with Crippen LogP contribution in [-0.2, 0) is 6.42 Å². The van der Waals surface area contributed by atoms with Gasteiger partial charge < -0.3 is 15.0 Å². The number of aliphatic imine (C=N–C) groups is 1. The lowest BCUT2D eigenvalue weighted by molar-refractivity contribution is 0.411. The van der Waals surface area contributed by atoms with E-state index in [1.807, 2.05) is 12.1 Å². The monoisotopic (exact) mass is 231 g/mol. The van der Waals surface area contributed by atoms with E-state index in [1.54, 1.807) is 7.11 Å². The summed E-state index contributed by atoms with van der Waals surface area (Å²) >= 11 is 0. The number of anilines is 1. The number of likely N-dealkylation sites (N-methyl/N-ethyl adjacent to an activating group) is 1. The summed E-state index contributed by atoms with van der Waals surface area (Å²) in [4.78, 5) is 6.82. The van der Waals surface area contributed by atoms with E-state index in [-0.39, 0.29) is 0 Å². The average molecular weight is 231 g/mol. The molecule has 0 aromatic heterocycles. The Kier molecular flexibility index (Phi) is 2.42. The molecule has 0 bridgehead atoms. The van der Waals surface area contributed by atoms with Crippen molar-refractivity contribution < 1.29 is 4.74 Å². The van der Waals surface area contributed by atoms with E-state index in [0.29, 0.717) is 6.04 Å². The van der Waals surface area contributed by atoms with Gasteiger partial charge in [0.25, 0.3) is 0 Å². The number of nitrogens with zero attached hydrogens (tertiary/aromatic N) is 2. The predicted molar refractivity (Wildman–Crippen MR) is 69.2 cm³/mol. The summed E-state index contributed by atoms with van der Waals surface area (Å²) in [6.45, 7) is 1.86. The lowest BCUT2D eigenvalue weighted by atomic mass is 10.1. The molecule has 0 saturated carbocycles. The maximum Gasteiger partial charge on any atom is 0.124 e. The summed E-state index contributed by atoms with van der Waals surface area (Å²) in [6, 6.07) is 6.55. The van der Waals surface area contributed by atoms with Crippen LogP contribution in [0, 0.1) is 0 Å². The van der Waals surface area contributed by atoms with E-state index in [2.05, 4.69) is 28.3 Å².